The summed E-state index contributed by atoms with van der Waals surface area (Å²) in [4.78, 5) is 2.34. The SMILES string of the molecule is c1ccc(-n2nnnc2N2CC[C@H]3CNC[C@H]32)cc1. The molecule has 3 heterocycles. The van der Waals surface area contributed by atoms with E-state index in [1.54, 1.807) is 0 Å². The van der Waals surface area contributed by atoms with Gasteiger partial charge in [-0.25, -0.2) is 0 Å². The minimum atomic E-state index is 0.536. The monoisotopic (exact) mass is 256 g/mol. The van der Waals surface area contributed by atoms with E-state index in [4.69, 9.17) is 0 Å². The van der Waals surface area contributed by atoms with E-state index in [9.17, 15) is 0 Å². The Morgan fingerprint density at radius 2 is 2.05 bits per heavy atom. The second kappa shape index (κ2) is 4.31. The molecule has 1 N–H and O–H groups in total. The van der Waals surface area contributed by atoms with E-state index in [1.165, 1.54) is 6.42 Å². The molecule has 4 rings (SSSR count). The summed E-state index contributed by atoms with van der Waals surface area (Å²) in [6.45, 7) is 3.20. The van der Waals surface area contributed by atoms with Crippen LogP contribution in [0.3, 0.4) is 0 Å². The summed E-state index contributed by atoms with van der Waals surface area (Å²) in [5.41, 5.74) is 1.01. The molecule has 0 spiro atoms. The first-order valence-electron chi connectivity index (χ1n) is 6.74. The summed E-state index contributed by atoms with van der Waals surface area (Å²) in [6.07, 6.45) is 1.22. The predicted molar refractivity (Wildman–Crippen MR) is 71.3 cm³/mol. The second-order valence-electron chi connectivity index (χ2n) is 5.19. The average molecular weight is 256 g/mol. The number of hydrogen-bond donors (Lipinski definition) is 1. The lowest BCUT2D eigenvalue weighted by atomic mass is 10.1. The minimum Gasteiger partial charge on any atom is -0.335 e. The van der Waals surface area contributed by atoms with Crippen LogP contribution in [0.1, 0.15) is 6.42 Å². The van der Waals surface area contributed by atoms with Crippen molar-refractivity contribution in [2.45, 2.75) is 12.5 Å². The minimum absolute atomic E-state index is 0.536. The quantitative estimate of drug-likeness (QED) is 0.846. The molecule has 0 unspecified atom stereocenters. The van der Waals surface area contributed by atoms with Crippen molar-refractivity contribution in [3.8, 4) is 5.69 Å². The van der Waals surface area contributed by atoms with Crippen LogP contribution < -0.4 is 10.2 Å². The molecule has 6 heteroatoms. The van der Waals surface area contributed by atoms with Crippen LogP contribution in [0.15, 0.2) is 30.3 Å². The number of hydrogen-bond acceptors (Lipinski definition) is 5. The van der Waals surface area contributed by atoms with Gasteiger partial charge in [-0.15, -0.1) is 0 Å². The molecule has 2 atom stereocenters. The van der Waals surface area contributed by atoms with Crippen LogP contribution in [0.5, 0.6) is 0 Å². The number of tetrazole rings is 1. The molecular weight excluding hydrogens is 240 g/mol. The van der Waals surface area contributed by atoms with E-state index in [0.717, 1.165) is 37.2 Å². The van der Waals surface area contributed by atoms with E-state index in [2.05, 4.69) is 25.7 Å². The zero-order valence-corrected chi connectivity index (χ0v) is 10.6. The average Bonchev–Trinajstić information content (AvgIpc) is 3.15. The topological polar surface area (TPSA) is 58.9 Å². The fraction of sp³-hybridized carbons (Fsp3) is 0.462. The molecular formula is C13H16N6. The fourth-order valence-corrected chi connectivity index (χ4v) is 3.20. The molecule has 2 aromatic rings. The largest absolute Gasteiger partial charge is 0.335 e. The van der Waals surface area contributed by atoms with Crippen molar-refractivity contribution < 1.29 is 0 Å². The van der Waals surface area contributed by atoms with Gasteiger partial charge >= 0.3 is 0 Å². The number of nitrogens with zero attached hydrogens (tertiary/aromatic N) is 5. The highest BCUT2D eigenvalue weighted by Gasteiger charge is 2.39. The molecule has 19 heavy (non-hydrogen) atoms. The van der Waals surface area contributed by atoms with Crippen molar-refractivity contribution in [1.82, 2.24) is 25.5 Å². The highest BCUT2D eigenvalue weighted by Crippen LogP contribution is 2.31. The standard InChI is InChI=1S/C13H16N6/c1-2-4-11(5-3-1)19-13(15-16-17-19)18-7-6-10-8-14-9-12(10)18/h1-5,10,12,14H,6-9H2/t10-,12+/m0/s1. The fourth-order valence-electron chi connectivity index (χ4n) is 3.20. The van der Waals surface area contributed by atoms with Crippen LogP contribution in [0.4, 0.5) is 5.95 Å². The van der Waals surface area contributed by atoms with Gasteiger partial charge in [0.25, 0.3) is 5.95 Å². The summed E-state index contributed by atoms with van der Waals surface area (Å²) >= 11 is 0. The molecule has 2 aliphatic rings. The van der Waals surface area contributed by atoms with Crippen LogP contribution >= 0.6 is 0 Å². The van der Waals surface area contributed by atoms with Gasteiger partial charge in [0.05, 0.1) is 5.69 Å². The number of anilines is 1. The normalized spacial score (nSPS) is 25.8. The Hall–Kier alpha value is -1.95. The molecule has 0 aliphatic carbocycles. The van der Waals surface area contributed by atoms with E-state index < -0.39 is 0 Å². The number of fused-ring (bicyclic) bond motifs is 1. The van der Waals surface area contributed by atoms with Crippen molar-refractivity contribution in [3.63, 3.8) is 0 Å². The van der Waals surface area contributed by atoms with Gasteiger partial charge in [-0.05, 0) is 34.9 Å². The first-order chi connectivity index (χ1) is 9.43. The molecule has 0 bridgehead atoms. The maximum atomic E-state index is 4.23. The second-order valence-corrected chi connectivity index (χ2v) is 5.19. The summed E-state index contributed by atoms with van der Waals surface area (Å²) in [5.74, 6) is 1.60. The molecule has 1 aromatic heterocycles. The summed E-state index contributed by atoms with van der Waals surface area (Å²) in [6, 6.07) is 10.6. The Morgan fingerprint density at radius 1 is 1.16 bits per heavy atom. The Kier molecular flexibility index (Phi) is 2.48. The Labute approximate surface area is 111 Å². The highest BCUT2D eigenvalue weighted by atomic mass is 15.6. The Balaban J connectivity index is 1.71. The number of benzene rings is 1. The van der Waals surface area contributed by atoms with E-state index in [-0.39, 0.29) is 0 Å². The first-order valence-corrected chi connectivity index (χ1v) is 6.74. The molecule has 0 amide bonds. The van der Waals surface area contributed by atoms with Crippen LogP contribution in [0.25, 0.3) is 5.69 Å². The van der Waals surface area contributed by atoms with Crippen molar-refractivity contribution >= 4 is 5.95 Å². The highest BCUT2D eigenvalue weighted by molar-refractivity contribution is 5.43. The van der Waals surface area contributed by atoms with Crippen molar-refractivity contribution in [2.24, 2.45) is 5.92 Å². The van der Waals surface area contributed by atoms with E-state index >= 15 is 0 Å². The van der Waals surface area contributed by atoms with Gasteiger partial charge in [0.15, 0.2) is 0 Å². The maximum Gasteiger partial charge on any atom is 0.250 e. The predicted octanol–water partition coefficient (Wildman–Crippen LogP) is 0.460. The van der Waals surface area contributed by atoms with Crippen LogP contribution in [-0.4, -0.2) is 45.9 Å². The molecule has 2 saturated heterocycles. The van der Waals surface area contributed by atoms with Gasteiger partial charge in [0.1, 0.15) is 0 Å². The van der Waals surface area contributed by atoms with Gasteiger partial charge < -0.3 is 10.2 Å². The molecule has 1 aromatic carbocycles. The van der Waals surface area contributed by atoms with Gasteiger partial charge in [0.2, 0.25) is 0 Å². The third-order valence-electron chi connectivity index (χ3n) is 4.16. The zero-order chi connectivity index (χ0) is 12.7. The first kappa shape index (κ1) is 10.9. The van der Waals surface area contributed by atoms with E-state index in [0.29, 0.717) is 6.04 Å². The number of rotatable bonds is 2. The number of para-hydroxylation sites is 1. The molecule has 2 fully saturated rings. The van der Waals surface area contributed by atoms with Gasteiger partial charge in [-0.1, -0.05) is 23.3 Å². The summed E-state index contributed by atoms with van der Waals surface area (Å²) < 4.78 is 1.83. The molecule has 98 valence electrons. The third kappa shape index (κ3) is 1.71. The number of aromatic nitrogens is 4. The lowest BCUT2D eigenvalue weighted by Gasteiger charge is -2.23. The van der Waals surface area contributed by atoms with Gasteiger partial charge in [0, 0.05) is 25.7 Å². The van der Waals surface area contributed by atoms with Crippen molar-refractivity contribution in [3.05, 3.63) is 30.3 Å². The summed E-state index contributed by atoms with van der Waals surface area (Å²) in [5, 5.41) is 15.7. The smallest absolute Gasteiger partial charge is 0.250 e. The van der Waals surface area contributed by atoms with E-state index in [1.807, 2.05) is 35.0 Å². The van der Waals surface area contributed by atoms with Crippen LogP contribution in [-0.2, 0) is 0 Å². The van der Waals surface area contributed by atoms with Gasteiger partial charge in [-0.2, -0.15) is 4.68 Å². The zero-order valence-electron chi connectivity index (χ0n) is 10.6. The molecule has 0 saturated carbocycles. The number of nitrogens with one attached hydrogen (secondary N) is 1. The van der Waals surface area contributed by atoms with Gasteiger partial charge in [-0.3, -0.25) is 0 Å². The maximum absolute atomic E-state index is 4.23. The van der Waals surface area contributed by atoms with Crippen molar-refractivity contribution in [2.75, 3.05) is 24.5 Å². The molecule has 2 aliphatic heterocycles. The van der Waals surface area contributed by atoms with Crippen molar-refractivity contribution in [1.29, 1.82) is 0 Å². The molecule has 6 nitrogen and oxygen atoms in total. The lowest BCUT2D eigenvalue weighted by molar-refractivity contribution is 0.574. The van der Waals surface area contributed by atoms with Crippen LogP contribution in [0.2, 0.25) is 0 Å². The van der Waals surface area contributed by atoms with Crippen LogP contribution in [0, 0.1) is 5.92 Å². The third-order valence-corrected chi connectivity index (χ3v) is 4.16. The lowest BCUT2D eigenvalue weighted by Crippen LogP contribution is -2.36. The molecule has 0 radical (unpaired) electrons. The Morgan fingerprint density at radius 3 is 2.95 bits per heavy atom. The Bertz CT molecular complexity index is 566. The summed E-state index contributed by atoms with van der Waals surface area (Å²) in [7, 11) is 0.